The van der Waals surface area contributed by atoms with Gasteiger partial charge in [0, 0.05) is 34.7 Å². The van der Waals surface area contributed by atoms with Gasteiger partial charge in [-0.25, -0.2) is 0 Å². The summed E-state index contributed by atoms with van der Waals surface area (Å²) in [6, 6.07) is 2.35. The minimum atomic E-state index is 0.276. The maximum absolute atomic E-state index is 2.82. The Morgan fingerprint density at radius 1 is 0.857 bits per heavy atom. The first kappa shape index (κ1) is 22.3. The van der Waals surface area contributed by atoms with Crippen LogP contribution >= 0.6 is 0 Å². The summed E-state index contributed by atoms with van der Waals surface area (Å²) in [5.41, 5.74) is 1.49. The Hall–Kier alpha value is -0.340. The Bertz CT molecular complexity index is 581. The van der Waals surface area contributed by atoms with Crippen molar-refractivity contribution < 1.29 is 0 Å². The lowest BCUT2D eigenvalue weighted by molar-refractivity contribution is -0.000357. The predicted molar refractivity (Wildman–Crippen MR) is 123 cm³/mol. The van der Waals surface area contributed by atoms with E-state index in [1.165, 1.54) is 38.5 Å². The molecule has 0 aromatic heterocycles. The van der Waals surface area contributed by atoms with Crippen molar-refractivity contribution in [2.75, 3.05) is 0 Å². The molecule has 0 N–H and O–H groups in total. The van der Waals surface area contributed by atoms with Crippen molar-refractivity contribution in [1.82, 2.24) is 9.80 Å². The molecular weight excluding hydrogens is 340 g/mol. The summed E-state index contributed by atoms with van der Waals surface area (Å²) >= 11 is 0. The second-order valence-corrected chi connectivity index (χ2v) is 12.7. The molecule has 4 rings (SSSR count). The highest BCUT2D eigenvalue weighted by atomic mass is 15.3. The molecule has 2 unspecified atom stereocenters. The third kappa shape index (κ3) is 3.31. The van der Waals surface area contributed by atoms with Crippen molar-refractivity contribution in [2.45, 2.75) is 143 Å². The van der Waals surface area contributed by atoms with E-state index in [0.29, 0.717) is 22.5 Å². The molecule has 0 radical (unpaired) electrons. The lowest BCUT2D eigenvalue weighted by Gasteiger charge is -2.50. The molecule has 0 aromatic rings. The van der Waals surface area contributed by atoms with E-state index in [9.17, 15) is 0 Å². The van der Waals surface area contributed by atoms with Crippen LogP contribution in [0.2, 0.25) is 0 Å². The molecular formula is C26H48N2. The molecule has 3 saturated heterocycles. The number of rotatable bonds is 2. The smallest absolute Gasteiger partial charge is 0.0451 e. The van der Waals surface area contributed by atoms with Crippen molar-refractivity contribution in [3.63, 3.8) is 0 Å². The first-order chi connectivity index (χ1) is 12.8. The maximum Gasteiger partial charge on any atom is 0.0451 e. The average Bonchev–Trinajstić information content (AvgIpc) is 3.31. The van der Waals surface area contributed by atoms with Crippen LogP contribution in [0.5, 0.6) is 0 Å². The second kappa shape index (κ2) is 7.12. The van der Waals surface area contributed by atoms with Crippen LogP contribution in [0.1, 0.15) is 108 Å². The quantitative estimate of drug-likeness (QED) is 0.488. The Kier molecular flexibility index (Phi) is 5.68. The van der Waals surface area contributed by atoms with Gasteiger partial charge in [-0.05, 0) is 84.5 Å². The van der Waals surface area contributed by atoms with Crippen molar-refractivity contribution in [3.8, 4) is 0 Å². The SMILES string of the molecule is CC(C)(C)N1C2C=CC1(C(C)(C)C)CC2.CC(C)N1C2CCC1(C(C)C)CC2. The second-order valence-electron chi connectivity index (χ2n) is 12.7. The summed E-state index contributed by atoms with van der Waals surface area (Å²) in [6.07, 6.45) is 13.4. The third-order valence-corrected chi connectivity index (χ3v) is 8.56. The summed E-state index contributed by atoms with van der Waals surface area (Å²) in [5.74, 6) is 0.836. The van der Waals surface area contributed by atoms with Crippen LogP contribution in [-0.2, 0) is 0 Å². The van der Waals surface area contributed by atoms with Crippen LogP contribution in [0.15, 0.2) is 12.2 Å². The monoisotopic (exact) mass is 388 g/mol. The van der Waals surface area contributed by atoms with Gasteiger partial charge < -0.3 is 0 Å². The fourth-order valence-corrected chi connectivity index (χ4v) is 7.43. The molecule has 4 aliphatic rings. The molecule has 4 aliphatic heterocycles. The van der Waals surface area contributed by atoms with Crippen molar-refractivity contribution in [2.24, 2.45) is 11.3 Å². The van der Waals surface area contributed by atoms with Gasteiger partial charge in [0.15, 0.2) is 0 Å². The first-order valence-electron chi connectivity index (χ1n) is 12.0. The zero-order valence-electron chi connectivity index (χ0n) is 20.6. The molecule has 0 saturated carbocycles. The van der Waals surface area contributed by atoms with E-state index in [1.54, 1.807) is 0 Å². The van der Waals surface area contributed by atoms with Gasteiger partial charge in [0.2, 0.25) is 0 Å². The first-order valence-corrected chi connectivity index (χ1v) is 12.0. The van der Waals surface area contributed by atoms with Gasteiger partial charge in [-0.2, -0.15) is 0 Å². The van der Waals surface area contributed by atoms with E-state index in [1.807, 2.05) is 0 Å². The molecule has 4 heterocycles. The summed E-state index contributed by atoms with van der Waals surface area (Å²) in [6.45, 7) is 23.7. The van der Waals surface area contributed by atoms with E-state index < -0.39 is 0 Å². The highest BCUT2D eigenvalue weighted by molar-refractivity contribution is 5.29. The summed E-state index contributed by atoms with van der Waals surface area (Å²) in [7, 11) is 0. The van der Waals surface area contributed by atoms with Gasteiger partial charge in [0.1, 0.15) is 0 Å². The van der Waals surface area contributed by atoms with Gasteiger partial charge in [-0.3, -0.25) is 9.80 Å². The van der Waals surface area contributed by atoms with E-state index in [-0.39, 0.29) is 5.54 Å². The number of nitrogens with zero attached hydrogens (tertiary/aromatic N) is 2. The Balaban J connectivity index is 0.000000162. The number of hydrogen-bond acceptors (Lipinski definition) is 2. The summed E-state index contributed by atoms with van der Waals surface area (Å²) in [4.78, 5) is 5.55. The normalized spacial score (nSPS) is 38.0. The van der Waals surface area contributed by atoms with Gasteiger partial charge in [-0.1, -0.05) is 46.8 Å². The molecule has 2 heteroatoms. The number of fused-ring (bicyclic) bond motifs is 4. The van der Waals surface area contributed by atoms with Gasteiger partial charge in [-0.15, -0.1) is 0 Å². The lowest BCUT2D eigenvalue weighted by atomic mass is 9.70. The molecule has 2 atom stereocenters. The highest BCUT2D eigenvalue weighted by Gasteiger charge is 2.57. The van der Waals surface area contributed by atoms with Crippen LogP contribution in [0.3, 0.4) is 0 Å². The molecule has 0 spiro atoms. The van der Waals surface area contributed by atoms with E-state index in [0.717, 1.165) is 18.0 Å². The molecule has 3 fully saturated rings. The maximum atomic E-state index is 2.82. The largest absolute Gasteiger partial charge is 0.292 e. The Labute approximate surface area is 176 Å². The Morgan fingerprint density at radius 2 is 1.43 bits per heavy atom. The Morgan fingerprint density at radius 3 is 1.71 bits per heavy atom. The zero-order valence-corrected chi connectivity index (χ0v) is 20.6. The third-order valence-electron chi connectivity index (χ3n) is 8.56. The average molecular weight is 389 g/mol. The van der Waals surface area contributed by atoms with E-state index >= 15 is 0 Å². The minimum Gasteiger partial charge on any atom is -0.292 e. The molecule has 2 nitrogen and oxygen atoms in total. The predicted octanol–water partition coefficient (Wildman–Crippen LogP) is 6.65. The van der Waals surface area contributed by atoms with Crippen LogP contribution in [-0.4, -0.2) is 44.5 Å². The van der Waals surface area contributed by atoms with Gasteiger partial charge >= 0.3 is 0 Å². The number of hydrogen-bond donors (Lipinski definition) is 0. The minimum absolute atomic E-state index is 0.276. The van der Waals surface area contributed by atoms with Crippen molar-refractivity contribution in [3.05, 3.63) is 12.2 Å². The van der Waals surface area contributed by atoms with E-state index in [2.05, 4.69) is 91.2 Å². The molecule has 28 heavy (non-hydrogen) atoms. The fourth-order valence-electron chi connectivity index (χ4n) is 7.43. The summed E-state index contributed by atoms with van der Waals surface area (Å²) in [5, 5.41) is 0. The van der Waals surface area contributed by atoms with E-state index in [4.69, 9.17) is 0 Å². The van der Waals surface area contributed by atoms with Crippen molar-refractivity contribution in [1.29, 1.82) is 0 Å². The summed E-state index contributed by atoms with van der Waals surface area (Å²) < 4.78 is 0. The lowest BCUT2D eigenvalue weighted by Crippen LogP contribution is -2.58. The standard InChI is InChI=1S/C14H25N.C12H23N/c1-12(2,3)14-9-7-11(8-10-14)15(14)13(4,5)6;1-9(2)12-7-5-11(6-8-12)13(12)10(3)4/h7,9,11H,8,10H2,1-6H3;9-11H,5-8H2,1-4H3. The highest BCUT2D eigenvalue weighted by Crippen LogP contribution is 2.54. The van der Waals surface area contributed by atoms with Crippen LogP contribution in [0.4, 0.5) is 0 Å². The van der Waals surface area contributed by atoms with Gasteiger partial charge in [0.05, 0.1) is 0 Å². The van der Waals surface area contributed by atoms with Crippen LogP contribution in [0.25, 0.3) is 0 Å². The molecule has 0 aliphatic carbocycles. The molecule has 4 bridgehead atoms. The van der Waals surface area contributed by atoms with Crippen LogP contribution < -0.4 is 0 Å². The topological polar surface area (TPSA) is 6.48 Å². The van der Waals surface area contributed by atoms with Crippen LogP contribution in [0, 0.1) is 11.3 Å². The molecule has 0 aromatic carbocycles. The van der Waals surface area contributed by atoms with Crippen molar-refractivity contribution >= 4 is 0 Å². The van der Waals surface area contributed by atoms with Gasteiger partial charge in [0.25, 0.3) is 0 Å². The molecule has 0 amide bonds. The fraction of sp³-hybridized carbons (Fsp3) is 0.923. The zero-order chi connectivity index (χ0) is 21.1. The molecule has 162 valence electrons.